The Morgan fingerprint density at radius 1 is 1.19 bits per heavy atom. The van der Waals surface area contributed by atoms with Crippen molar-refractivity contribution in [3.8, 4) is 0 Å². The van der Waals surface area contributed by atoms with Crippen molar-refractivity contribution in [2.75, 3.05) is 10.6 Å². The number of halogens is 1. The molecule has 2 aromatic rings. The molecule has 0 unspecified atom stereocenters. The maximum absolute atomic E-state index is 5.97. The molecule has 0 saturated heterocycles. The standard InChI is InChI=1S/C16H19ClN4/c1-11-10-12(17)6-7-14(11)20-16-18-9-8-15(21-16)19-13-4-2-3-5-13/h6-10,13H,2-5H2,1H3,(H2,18,19,20,21). The lowest BCUT2D eigenvalue weighted by Gasteiger charge is -2.14. The van der Waals surface area contributed by atoms with Gasteiger partial charge in [-0.3, -0.25) is 0 Å². The van der Waals surface area contributed by atoms with Gasteiger partial charge in [-0.25, -0.2) is 4.98 Å². The highest BCUT2D eigenvalue weighted by Gasteiger charge is 2.15. The molecule has 0 radical (unpaired) electrons. The molecule has 21 heavy (non-hydrogen) atoms. The predicted octanol–water partition coefficient (Wildman–Crippen LogP) is 4.54. The molecule has 5 heteroatoms. The third-order valence-corrected chi connectivity index (χ3v) is 4.03. The van der Waals surface area contributed by atoms with Crippen LogP contribution in [0.1, 0.15) is 31.2 Å². The number of nitrogens with zero attached hydrogens (tertiary/aromatic N) is 2. The van der Waals surface area contributed by atoms with Crippen molar-refractivity contribution in [1.82, 2.24) is 9.97 Å². The predicted molar refractivity (Wildman–Crippen MR) is 87.4 cm³/mol. The summed E-state index contributed by atoms with van der Waals surface area (Å²) < 4.78 is 0. The first-order chi connectivity index (χ1) is 10.2. The van der Waals surface area contributed by atoms with E-state index >= 15 is 0 Å². The molecule has 0 aliphatic heterocycles. The Bertz CT molecular complexity index is 623. The van der Waals surface area contributed by atoms with E-state index in [1.54, 1.807) is 6.20 Å². The quantitative estimate of drug-likeness (QED) is 0.871. The summed E-state index contributed by atoms with van der Waals surface area (Å²) in [7, 11) is 0. The Hall–Kier alpha value is -1.81. The third kappa shape index (κ3) is 3.64. The molecule has 110 valence electrons. The summed E-state index contributed by atoms with van der Waals surface area (Å²) in [6.07, 6.45) is 6.83. The number of anilines is 3. The zero-order valence-corrected chi connectivity index (χ0v) is 12.8. The van der Waals surface area contributed by atoms with Crippen LogP contribution in [0, 0.1) is 6.92 Å². The molecule has 0 bridgehead atoms. The molecule has 1 heterocycles. The Kier molecular flexibility index (Phi) is 4.25. The molecule has 1 saturated carbocycles. The van der Waals surface area contributed by atoms with Gasteiger partial charge in [-0.2, -0.15) is 4.98 Å². The number of aryl methyl sites for hydroxylation is 1. The number of aromatic nitrogens is 2. The van der Waals surface area contributed by atoms with Crippen LogP contribution in [0.5, 0.6) is 0 Å². The average molecular weight is 303 g/mol. The lowest BCUT2D eigenvalue weighted by atomic mass is 10.2. The van der Waals surface area contributed by atoms with E-state index in [2.05, 4.69) is 20.6 Å². The van der Waals surface area contributed by atoms with Crippen molar-refractivity contribution >= 4 is 29.1 Å². The summed E-state index contributed by atoms with van der Waals surface area (Å²) in [6.45, 7) is 2.01. The second-order valence-corrected chi connectivity index (χ2v) is 5.91. The second-order valence-electron chi connectivity index (χ2n) is 5.48. The van der Waals surface area contributed by atoms with Crippen molar-refractivity contribution < 1.29 is 0 Å². The van der Waals surface area contributed by atoms with Crippen molar-refractivity contribution in [3.63, 3.8) is 0 Å². The van der Waals surface area contributed by atoms with E-state index in [-0.39, 0.29) is 0 Å². The largest absolute Gasteiger partial charge is 0.367 e. The smallest absolute Gasteiger partial charge is 0.229 e. The zero-order valence-electron chi connectivity index (χ0n) is 12.1. The summed E-state index contributed by atoms with van der Waals surface area (Å²) in [5.41, 5.74) is 2.04. The van der Waals surface area contributed by atoms with Crippen LogP contribution in [-0.2, 0) is 0 Å². The lowest BCUT2D eigenvalue weighted by molar-refractivity contribution is 0.750. The number of benzene rings is 1. The normalized spacial score (nSPS) is 15.1. The van der Waals surface area contributed by atoms with Crippen LogP contribution in [0.4, 0.5) is 17.5 Å². The Morgan fingerprint density at radius 3 is 2.76 bits per heavy atom. The minimum Gasteiger partial charge on any atom is -0.367 e. The zero-order chi connectivity index (χ0) is 14.7. The first kappa shape index (κ1) is 14.1. The van der Waals surface area contributed by atoms with Crippen LogP contribution in [0.3, 0.4) is 0 Å². The van der Waals surface area contributed by atoms with E-state index in [1.165, 1.54) is 25.7 Å². The molecule has 1 fully saturated rings. The maximum atomic E-state index is 5.97. The molecule has 1 aromatic carbocycles. The lowest BCUT2D eigenvalue weighted by Crippen LogP contribution is -2.15. The van der Waals surface area contributed by atoms with E-state index in [4.69, 9.17) is 11.6 Å². The fraction of sp³-hybridized carbons (Fsp3) is 0.375. The van der Waals surface area contributed by atoms with Gasteiger partial charge in [-0.1, -0.05) is 24.4 Å². The molecule has 1 aromatic heterocycles. The summed E-state index contributed by atoms with van der Waals surface area (Å²) in [4.78, 5) is 8.81. The molecule has 2 N–H and O–H groups in total. The highest BCUT2D eigenvalue weighted by molar-refractivity contribution is 6.30. The number of rotatable bonds is 4. The monoisotopic (exact) mass is 302 g/mol. The van der Waals surface area contributed by atoms with Crippen molar-refractivity contribution in [3.05, 3.63) is 41.0 Å². The SMILES string of the molecule is Cc1cc(Cl)ccc1Nc1nccc(NC2CCCC2)n1. The molecule has 0 spiro atoms. The topological polar surface area (TPSA) is 49.8 Å². The molecule has 1 aliphatic carbocycles. The second kappa shape index (κ2) is 6.31. The van der Waals surface area contributed by atoms with Gasteiger partial charge in [0, 0.05) is 22.9 Å². The summed E-state index contributed by atoms with van der Waals surface area (Å²) >= 11 is 5.97. The van der Waals surface area contributed by atoms with Gasteiger partial charge in [-0.15, -0.1) is 0 Å². The summed E-state index contributed by atoms with van der Waals surface area (Å²) in [5.74, 6) is 1.48. The van der Waals surface area contributed by atoms with Gasteiger partial charge in [-0.05, 0) is 49.6 Å². The molecule has 3 rings (SSSR count). The Balaban J connectivity index is 1.73. The van der Waals surface area contributed by atoms with Gasteiger partial charge < -0.3 is 10.6 Å². The van der Waals surface area contributed by atoms with Crippen LogP contribution in [0.2, 0.25) is 5.02 Å². The van der Waals surface area contributed by atoms with E-state index in [0.717, 1.165) is 22.1 Å². The van der Waals surface area contributed by atoms with Crippen LogP contribution < -0.4 is 10.6 Å². The van der Waals surface area contributed by atoms with Gasteiger partial charge in [0.25, 0.3) is 0 Å². The third-order valence-electron chi connectivity index (χ3n) is 3.80. The van der Waals surface area contributed by atoms with E-state index in [1.807, 2.05) is 31.2 Å². The number of hydrogen-bond acceptors (Lipinski definition) is 4. The molecular weight excluding hydrogens is 284 g/mol. The van der Waals surface area contributed by atoms with Gasteiger partial charge in [0.1, 0.15) is 5.82 Å². The Morgan fingerprint density at radius 2 is 2.00 bits per heavy atom. The van der Waals surface area contributed by atoms with Gasteiger partial charge in [0.15, 0.2) is 0 Å². The summed E-state index contributed by atoms with van der Waals surface area (Å²) in [5, 5.41) is 7.45. The molecule has 0 atom stereocenters. The van der Waals surface area contributed by atoms with Gasteiger partial charge in [0.05, 0.1) is 0 Å². The van der Waals surface area contributed by atoms with Crippen molar-refractivity contribution in [1.29, 1.82) is 0 Å². The van der Waals surface area contributed by atoms with Crippen LogP contribution in [0.25, 0.3) is 0 Å². The maximum Gasteiger partial charge on any atom is 0.229 e. The first-order valence-corrected chi connectivity index (χ1v) is 7.71. The van der Waals surface area contributed by atoms with Crippen LogP contribution in [-0.4, -0.2) is 16.0 Å². The fourth-order valence-corrected chi connectivity index (χ4v) is 2.89. The van der Waals surface area contributed by atoms with E-state index in [9.17, 15) is 0 Å². The molecular formula is C16H19ClN4. The number of nitrogens with one attached hydrogen (secondary N) is 2. The fourth-order valence-electron chi connectivity index (χ4n) is 2.67. The highest BCUT2D eigenvalue weighted by Crippen LogP contribution is 2.24. The number of hydrogen-bond donors (Lipinski definition) is 2. The first-order valence-electron chi connectivity index (χ1n) is 7.33. The molecule has 1 aliphatic rings. The van der Waals surface area contributed by atoms with Gasteiger partial charge >= 0.3 is 0 Å². The Labute approximate surface area is 130 Å². The minimum absolute atomic E-state index is 0.546. The van der Waals surface area contributed by atoms with E-state index < -0.39 is 0 Å². The molecule has 0 amide bonds. The molecule has 4 nitrogen and oxygen atoms in total. The van der Waals surface area contributed by atoms with Crippen LogP contribution >= 0.6 is 11.6 Å². The van der Waals surface area contributed by atoms with E-state index in [0.29, 0.717) is 12.0 Å². The van der Waals surface area contributed by atoms with Crippen molar-refractivity contribution in [2.45, 2.75) is 38.6 Å². The van der Waals surface area contributed by atoms with Gasteiger partial charge in [0.2, 0.25) is 5.95 Å². The minimum atomic E-state index is 0.546. The van der Waals surface area contributed by atoms with Crippen molar-refractivity contribution in [2.24, 2.45) is 0 Å². The highest BCUT2D eigenvalue weighted by atomic mass is 35.5. The van der Waals surface area contributed by atoms with Crippen LogP contribution in [0.15, 0.2) is 30.5 Å². The summed E-state index contributed by atoms with van der Waals surface area (Å²) in [6, 6.07) is 8.18. The average Bonchev–Trinajstić information content (AvgIpc) is 2.95.